The van der Waals surface area contributed by atoms with Crippen molar-refractivity contribution in [3.63, 3.8) is 0 Å². The van der Waals surface area contributed by atoms with E-state index in [0.717, 1.165) is 11.3 Å². The van der Waals surface area contributed by atoms with Crippen LogP contribution in [-0.2, 0) is 6.42 Å². The van der Waals surface area contributed by atoms with Crippen molar-refractivity contribution >= 4 is 5.78 Å². The SMILES string of the molecule is Cc1ccc(CC(=O)c2ncccn2)nc1. The number of aryl methyl sites for hydroxylation is 1. The highest BCUT2D eigenvalue weighted by Crippen LogP contribution is 2.02. The van der Waals surface area contributed by atoms with Crippen LogP contribution >= 0.6 is 0 Å². The number of Topliss-reactive ketones (excluding diaryl/α,β-unsaturated/α-hetero) is 1. The number of carbonyl (C=O) groups is 1. The first-order valence-electron chi connectivity index (χ1n) is 4.97. The molecule has 4 nitrogen and oxygen atoms in total. The molecule has 0 aromatic carbocycles. The van der Waals surface area contributed by atoms with Crippen molar-refractivity contribution in [2.24, 2.45) is 0 Å². The first-order valence-corrected chi connectivity index (χ1v) is 4.97. The number of hydrogen-bond acceptors (Lipinski definition) is 4. The molecule has 0 aliphatic carbocycles. The molecule has 0 atom stereocenters. The molecule has 0 aliphatic heterocycles. The Bertz CT molecular complexity index is 479. The molecule has 0 amide bonds. The van der Waals surface area contributed by atoms with E-state index >= 15 is 0 Å². The molecule has 0 radical (unpaired) electrons. The topological polar surface area (TPSA) is 55.7 Å². The maximum Gasteiger partial charge on any atom is 0.205 e. The highest BCUT2D eigenvalue weighted by Gasteiger charge is 2.09. The van der Waals surface area contributed by atoms with Crippen molar-refractivity contribution in [1.29, 1.82) is 0 Å². The van der Waals surface area contributed by atoms with E-state index in [1.807, 2.05) is 19.1 Å². The summed E-state index contributed by atoms with van der Waals surface area (Å²) >= 11 is 0. The first kappa shape index (κ1) is 10.4. The summed E-state index contributed by atoms with van der Waals surface area (Å²) in [5, 5.41) is 0. The zero-order valence-electron chi connectivity index (χ0n) is 8.92. The number of nitrogens with zero attached hydrogens (tertiary/aromatic N) is 3. The van der Waals surface area contributed by atoms with Gasteiger partial charge in [0.05, 0.1) is 6.42 Å². The Kier molecular flexibility index (Phi) is 3.00. The molecule has 2 aromatic rings. The number of carbonyl (C=O) groups excluding carboxylic acids is 1. The van der Waals surface area contributed by atoms with Crippen LogP contribution in [0, 0.1) is 6.92 Å². The lowest BCUT2D eigenvalue weighted by molar-refractivity contribution is 0.0982. The third kappa shape index (κ3) is 2.48. The van der Waals surface area contributed by atoms with Gasteiger partial charge in [-0.05, 0) is 24.6 Å². The standard InChI is InChI=1S/C12H11N3O/c1-9-3-4-10(15-8-9)7-11(16)12-13-5-2-6-14-12/h2-6,8H,7H2,1H3. The van der Waals surface area contributed by atoms with Crippen LogP contribution in [0.3, 0.4) is 0 Å². The van der Waals surface area contributed by atoms with E-state index in [0.29, 0.717) is 0 Å². The van der Waals surface area contributed by atoms with E-state index in [2.05, 4.69) is 15.0 Å². The van der Waals surface area contributed by atoms with Gasteiger partial charge in [0.2, 0.25) is 5.78 Å². The third-order valence-corrected chi connectivity index (χ3v) is 2.13. The Morgan fingerprint density at radius 1 is 1.19 bits per heavy atom. The van der Waals surface area contributed by atoms with E-state index in [1.165, 1.54) is 0 Å². The fourth-order valence-electron chi connectivity index (χ4n) is 1.29. The average molecular weight is 213 g/mol. The van der Waals surface area contributed by atoms with Crippen LogP contribution in [0.1, 0.15) is 21.9 Å². The minimum absolute atomic E-state index is 0.114. The number of aromatic nitrogens is 3. The summed E-state index contributed by atoms with van der Waals surface area (Å²) in [5.41, 5.74) is 1.82. The second-order valence-electron chi connectivity index (χ2n) is 3.50. The van der Waals surface area contributed by atoms with Crippen molar-refractivity contribution in [2.45, 2.75) is 13.3 Å². The summed E-state index contributed by atoms with van der Waals surface area (Å²) in [6.07, 6.45) is 5.10. The number of rotatable bonds is 3. The van der Waals surface area contributed by atoms with Gasteiger partial charge >= 0.3 is 0 Å². The van der Waals surface area contributed by atoms with E-state index in [-0.39, 0.29) is 18.0 Å². The number of ketones is 1. The number of pyridine rings is 1. The normalized spacial score (nSPS) is 10.1. The summed E-state index contributed by atoms with van der Waals surface area (Å²) in [6, 6.07) is 5.46. The van der Waals surface area contributed by atoms with Crippen LogP contribution in [0.5, 0.6) is 0 Å². The van der Waals surface area contributed by atoms with Gasteiger partial charge < -0.3 is 0 Å². The Labute approximate surface area is 93.4 Å². The molecular weight excluding hydrogens is 202 g/mol. The van der Waals surface area contributed by atoms with Gasteiger partial charge in [-0.15, -0.1) is 0 Å². The number of hydrogen-bond donors (Lipinski definition) is 0. The second-order valence-corrected chi connectivity index (χ2v) is 3.50. The molecule has 4 heteroatoms. The average Bonchev–Trinajstić information content (AvgIpc) is 2.33. The predicted molar refractivity (Wildman–Crippen MR) is 59.0 cm³/mol. The quantitative estimate of drug-likeness (QED) is 0.727. The van der Waals surface area contributed by atoms with Crippen LogP contribution in [0.25, 0.3) is 0 Å². The Morgan fingerprint density at radius 3 is 2.56 bits per heavy atom. The molecule has 80 valence electrons. The van der Waals surface area contributed by atoms with Crippen molar-refractivity contribution in [3.05, 3.63) is 53.9 Å². The second kappa shape index (κ2) is 4.61. The van der Waals surface area contributed by atoms with Crippen molar-refractivity contribution in [1.82, 2.24) is 15.0 Å². The predicted octanol–water partition coefficient (Wildman–Crippen LogP) is 1.61. The summed E-state index contributed by atoms with van der Waals surface area (Å²) in [5.74, 6) is 0.127. The van der Waals surface area contributed by atoms with Gasteiger partial charge in [0.15, 0.2) is 5.82 Å². The van der Waals surface area contributed by atoms with Crippen molar-refractivity contribution in [3.8, 4) is 0 Å². The van der Waals surface area contributed by atoms with Crippen LogP contribution in [0.15, 0.2) is 36.8 Å². The van der Waals surface area contributed by atoms with E-state index in [1.54, 1.807) is 24.7 Å². The van der Waals surface area contributed by atoms with Gasteiger partial charge in [-0.25, -0.2) is 9.97 Å². The van der Waals surface area contributed by atoms with E-state index in [4.69, 9.17) is 0 Å². The van der Waals surface area contributed by atoms with Gasteiger partial charge in [-0.3, -0.25) is 9.78 Å². The molecule has 2 aromatic heterocycles. The van der Waals surface area contributed by atoms with Crippen LogP contribution < -0.4 is 0 Å². The fourth-order valence-corrected chi connectivity index (χ4v) is 1.29. The zero-order valence-corrected chi connectivity index (χ0v) is 8.92. The molecule has 0 saturated heterocycles. The zero-order chi connectivity index (χ0) is 11.4. The highest BCUT2D eigenvalue weighted by atomic mass is 16.1. The smallest absolute Gasteiger partial charge is 0.205 e. The van der Waals surface area contributed by atoms with Gasteiger partial charge in [0.1, 0.15) is 0 Å². The van der Waals surface area contributed by atoms with Gasteiger partial charge in [0, 0.05) is 24.3 Å². The minimum atomic E-state index is -0.114. The molecule has 0 fully saturated rings. The molecular formula is C12H11N3O. The maximum atomic E-state index is 11.7. The lowest BCUT2D eigenvalue weighted by Gasteiger charge is -1.99. The summed E-state index contributed by atoms with van der Waals surface area (Å²) < 4.78 is 0. The van der Waals surface area contributed by atoms with Crippen molar-refractivity contribution in [2.75, 3.05) is 0 Å². The molecule has 0 aliphatic rings. The van der Waals surface area contributed by atoms with Crippen LogP contribution in [-0.4, -0.2) is 20.7 Å². The largest absolute Gasteiger partial charge is 0.290 e. The first-order chi connectivity index (χ1) is 7.75. The molecule has 2 rings (SSSR count). The molecule has 2 heterocycles. The monoisotopic (exact) mass is 213 g/mol. The fraction of sp³-hybridized carbons (Fsp3) is 0.167. The van der Waals surface area contributed by atoms with Crippen LogP contribution in [0.4, 0.5) is 0 Å². The molecule has 16 heavy (non-hydrogen) atoms. The lowest BCUT2D eigenvalue weighted by atomic mass is 10.2. The molecule has 0 saturated carbocycles. The van der Waals surface area contributed by atoms with E-state index < -0.39 is 0 Å². The molecule has 0 unspecified atom stereocenters. The molecule has 0 spiro atoms. The van der Waals surface area contributed by atoms with Gasteiger partial charge in [-0.1, -0.05) is 6.07 Å². The minimum Gasteiger partial charge on any atom is -0.290 e. The summed E-state index contributed by atoms with van der Waals surface area (Å²) in [7, 11) is 0. The van der Waals surface area contributed by atoms with Gasteiger partial charge in [-0.2, -0.15) is 0 Å². The highest BCUT2D eigenvalue weighted by molar-refractivity contribution is 5.93. The summed E-state index contributed by atoms with van der Waals surface area (Å²) in [6.45, 7) is 1.96. The van der Waals surface area contributed by atoms with Crippen LogP contribution in [0.2, 0.25) is 0 Å². The molecule has 0 N–H and O–H groups in total. The Morgan fingerprint density at radius 2 is 1.94 bits per heavy atom. The van der Waals surface area contributed by atoms with Gasteiger partial charge in [0.25, 0.3) is 0 Å². The summed E-state index contributed by atoms with van der Waals surface area (Å²) in [4.78, 5) is 23.7. The molecule has 0 bridgehead atoms. The lowest BCUT2D eigenvalue weighted by Crippen LogP contribution is -2.08. The Hall–Kier alpha value is -2.10. The third-order valence-electron chi connectivity index (χ3n) is 2.13. The van der Waals surface area contributed by atoms with E-state index in [9.17, 15) is 4.79 Å². The Balaban J connectivity index is 2.11. The van der Waals surface area contributed by atoms with Crippen molar-refractivity contribution < 1.29 is 4.79 Å². The maximum absolute atomic E-state index is 11.7.